The van der Waals surface area contributed by atoms with Crippen LogP contribution in [0.4, 0.5) is 0 Å². The molecule has 0 saturated heterocycles. The van der Waals surface area contributed by atoms with Crippen LogP contribution >= 0.6 is 0 Å². The average Bonchev–Trinajstić information content (AvgIpc) is 3.36. The molecular formula is C31H50N2. The fraction of sp³-hybridized carbons (Fsp3) is 0.516. The maximum atomic E-state index is 4.63. The lowest BCUT2D eigenvalue weighted by Gasteiger charge is -2.21. The second-order valence-electron chi connectivity index (χ2n) is 8.50. The molecule has 2 heteroatoms. The van der Waals surface area contributed by atoms with Gasteiger partial charge < -0.3 is 0 Å². The highest BCUT2D eigenvalue weighted by Gasteiger charge is 2.18. The molecule has 0 aliphatic rings. The van der Waals surface area contributed by atoms with Crippen molar-refractivity contribution in [2.24, 2.45) is 5.92 Å². The predicted molar refractivity (Wildman–Crippen MR) is 150 cm³/mol. The molecular weight excluding hydrogens is 400 g/mol. The van der Waals surface area contributed by atoms with Crippen molar-refractivity contribution in [1.82, 2.24) is 9.55 Å². The molecule has 0 spiro atoms. The van der Waals surface area contributed by atoms with Gasteiger partial charge in [0.25, 0.3) is 0 Å². The van der Waals surface area contributed by atoms with Gasteiger partial charge in [0.05, 0.1) is 5.69 Å². The first-order valence-corrected chi connectivity index (χ1v) is 13.1. The molecule has 0 fully saturated rings. The van der Waals surface area contributed by atoms with E-state index in [1.807, 2.05) is 40.0 Å². The number of para-hydroxylation sites is 1. The SMILES string of the molecule is CC.CC.CC(C)c1cccc(C(C)C)c1-n1ccnc1-c1ccccc1.CCC(C)CC. The molecule has 0 amide bonds. The van der Waals surface area contributed by atoms with Gasteiger partial charge in [0.15, 0.2) is 0 Å². The van der Waals surface area contributed by atoms with E-state index in [9.17, 15) is 0 Å². The van der Waals surface area contributed by atoms with Crippen LogP contribution in [0.15, 0.2) is 60.9 Å². The standard InChI is InChI=1S/C21H24N2.C6H14.2C2H6/c1-15(2)18-11-8-12-19(16(3)4)20(18)23-14-13-22-21(23)17-9-6-5-7-10-17;1-4-6(3)5-2;2*1-2/h5-16H,1-4H3;6H,4-5H2,1-3H3;2*1-2H3. The highest BCUT2D eigenvalue weighted by atomic mass is 15.1. The molecule has 0 bridgehead atoms. The molecule has 0 saturated carbocycles. The molecule has 0 atom stereocenters. The van der Waals surface area contributed by atoms with E-state index in [1.165, 1.54) is 29.7 Å². The Labute approximate surface area is 205 Å². The van der Waals surface area contributed by atoms with Gasteiger partial charge in [0.2, 0.25) is 0 Å². The van der Waals surface area contributed by atoms with Crippen LogP contribution in [0.3, 0.4) is 0 Å². The van der Waals surface area contributed by atoms with Crippen LogP contribution in [0.25, 0.3) is 17.1 Å². The van der Waals surface area contributed by atoms with Crippen LogP contribution in [0.5, 0.6) is 0 Å². The van der Waals surface area contributed by atoms with Crippen LogP contribution < -0.4 is 0 Å². The van der Waals surface area contributed by atoms with Gasteiger partial charge in [-0.05, 0) is 28.9 Å². The monoisotopic (exact) mass is 450 g/mol. The first-order valence-electron chi connectivity index (χ1n) is 13.1. The zero-order chi connectivity index (χ0) is 25.4. The molecule has 0 aliphatic heterocycles. The molecule has 3 rings (SSSR count). The second kappa shape index (κ2) is 17.2. The highest BCUT2D eigenvalue weighted by Crippen LogP contribution is 2.33. The average molecular weight is 451 g/mol. The largest absolute Gasteiger partial charge is 0.299 e. The first-order chi connectivity index (χ1) is 15.9. The van der Waals surface area contributed by atoms with Crippen molar-refractivity contribution >= 4 is 0 Å². The summed E-state index contributed by atoms with van der Waals surface area (Å²) >= 11 is 0. The summed E-state index contributed by atoms with van der Waals surface area (Å²) in [5.41, 5.74) is 5.16. The van der Waals surface area contributed by atoms with Crippen molar-refractivity contribution in [3.8, 4) is 17.1 Å². The smallest absolute Gasteiger partial charge is 0.144 e. The van der Waals surface area contributed by atoms with E-state index in [0.29, 0.717) is 11.8 Å². The van der Waals surface area contributed by atoms with E-state index >= 15 is 0 Å². The summed E-state index contributed by atoms with van der Waals surface area (Å²) in [5.74, 6) is 2.87. The minimum absolute atomic E-state index is 0.467. The lowest BCUT2D eigenvalue weighted by molar-refractivity contribution is 0.544. The van der Waals surface area contributed by atoms with E-state index in [4.69, 9.17) is 0 Å². The third-order valence-electron chi connectivity index (χ3n) is 5.65. The van der Waals surface area contributed by atoms with Gasteiger partial charge in [0.1, 0.15) is 5.82 Å². The van der Waals surface area contributed by atoms with Crippen LogP contribution in [0, 0.1) is 5.92 Å². The molecule has 0 N–H and O–H groups in total. The number of nitrogens with zero attached hydrogens (tertiary/aromatic N) is 2. The van der Waals surface area contributed by atoms with Gasteiger partial charge in [-0.25, -0.2) is 4.98 Å². The maximum Gasteiger partial charge on any atom is 0.144 e. The minimum atomic E-state index is 0.467. The molecule has 1 heterocycles. The Morgan fingerprint density at radius 1 is 0.697 bits per heavy atom. The molecule has 0 aliphatic carbocycles. The Morgan fingerprint density at radius 2 is 1.18 bits per heavy atom. The predicted octanol–water partition coefficient (Wildman–Crippen LogP) is 10.3. The van der Waals surface area contributed by atoms with E-state index in [-0.39, 0.29) is 0 Å². The van der Waals surface area contributed by atoms with E-state index in [2.05, 4.69) is 107 Å². The van der Waals surface area contributed by atoms with E-state index < -0.39 is 0 Å². The summed E-state index contributed by atoms with van der Waals surface area (Å²) in [5, 5.41) is 0. The van der Waals surface area contributed by atoms with E-state index in [1.54, 1.807) is 0 Å². The summed E-state index contributed by atoms with van der Waals surface area (Å²) in [6.45, 7) is 23.7. The third kappa shape index (κ3) is 9.20. The van der Waals surface area contributed by atoms with Crippen molar-refractivity contribution in [1.29, 1.82) is 0 Å². The van der Waals surface area contributed by atoms with Crippen LogP contribution in [0.2, 0.25) is 0 Å². The number of aromatic nitrogens is 2. The molecule has 0 unspecified atom stereocenters. The van der Waals surface area contributed by atoms with Crippen molar-refractivity contribution in [3.63, 3.8) is 0 Å². The molecule has 1 aromatic heterocycles. The highest BCUT2D eigenvalue weighted by molar-refractivity contribution is 5.62. The number of hydrogen-bond acceptors (Lipinski definition) is 1. The van der Waals surface area contributed by atoms with Gasteiger partial charge >= 0.3 is 0 Å². The van der Waals surface area contributed by atoms with Gasteiger partial charge in [-0.15, -0.1) is 0 Å². The third-order valence-corrected chi connectivity index (χ3v) is 5.65. The fourth-order valence-corrected chi connectivity index (χ4v) is 3.36. The number of benzene rings is 2. The Hall–Kier alpha value is -2.35. The molecule has 2 aromatic carbocycles. The van der Waals surface area contributed by atoms with Crippen LogP contribution in [-0.2, 0) is 0 Å². The Bertz CT molecular complexity index is 829. The summed E-state index contributed by atoms with van der Waals surface area (Å²) < 4.78 is 2.25. The van der Waals surface area contributed by atoms with Gasteiger partial charge in [-0.2, -0.15) is 0 Å². The first kappa shape index (κ1) is 30.7. The normalized spacial score (nSPS) is 10.1. The Balaban J connectivity index is 0.000000880. The van der Waals surface area contributed by atoms with Gasteiger partial charge in [-0.1, -0.05) is 138 Å². The number of hydrogen-bond donors (Lipinski definition) is 0. The van der Waals surface area contributed by atoms with Crippen LogP contribution in [0.1, 0.15) is 112 Å². The summed E-state index contributed by atoms with van der Waals surface area (Å²) in [6, 6.07) is 17.0. The van der Waals surface area contributed by atoms with Crippen molar-refractivity contribution in [2.45, 2.75) is 101 Å². The quantitative estimate of drug-likeness (QED) is 0.365. The number of imidazole rings is 1. The summed E-state index contributed by atoms with van der Waals surface area (Å²) in [4.78, 5) is 4.63. The van der Waals surface area contributed by atoms with E-state index in [0.717, 1.165) is 17.3 Å². The zero-order valence-electron chi connectivity index (χ0n) is 23.3. The fourth-order valence-electron chi connectivity index (χ4n) is 3.36. The number of rotatable bonds is 6. The van der Waals surface area contributed by atoms with Gasteiger partial charge in [-0.3, -0.25) is 4.57 Å². The molecule has 3 aromatic rings. The molecule has 0 radical (unpaired) electrons. The molecule has 2 nitrogen and oxygen atoms in total. The van der Waals surface area contributed by atoms with Gasteiger partial charge in [0, 0.05) is 18.0 Å². The lowest BCUT2D eigenvalue weighted by atomic mass is 9.92. The maximum absolute atomic E-state index is 4.63. The minimum Gasteiger partial charge on any atom is -0.299 e. The van der Waals surface area contributed by atoms with Crippen molar-refractivity contribution in [3.05, 3.63) is 72.1 Å². The summed E-state index contributed by atoms with van der Waals surface area (Å²) in [6.07, 6.45) is 6.63. The molecule has 184 valence electrons. The lowest BCUT2D eigenvalue weighted by Crippen LogP contribution is -2.07. The zero-order valence-corrected chi connectivity index (χ0v) is 23.3. The van der Waals surface area contributed by atoms with Crippen molar-refractivity contribution < 1.29 is 0 Å². The Kier molecular flexibility index (Phi) is 15.9. The summed E-state index contributed by atoms with van der Waals surface area (Å²) in [7, 11) is 0. The Morgan fingerprint density at radius 3 is 1.58 bits per heavy atom. The molecule has 33 heavy (non-hydrogen) atoms. The second-order valence-corrected chi connectivity index (χ2v) is 8.50. The topological polar surface area (TPSA) is 17.8 Å². The van der Waals surface area contributed by atoms with Crippen LogP contribution in [-0.4, -0.2) is 9.55 Å². The van der Waals surface area contributed by atoms with Crippen molar-refractivity contribution in [2.75, 3.05) is 0 Å².